The third kappa shape index (κ3) is 3.03. The summed E-state index contributed by atoms with van der Waals surface area (Å²) in [6.07, 6.45) is 5.25. The maximum Gasteiger partial charge on any atom is 0.0356 e. The van der Waals surface area contributed by atoms with E-state index in [-0.39, 0.29) is 5.54 Å². The van der Waals surface area contributed by atoms with Gasteiger partial charge < -0.3 is 5.73 Å². The molecule has 2 nitrogen and oxygen atoms in total. The van der Waals surface area contributed by atoms with Crippen LogP contribution in [-0.2, 0) is 0 Å². The van der Waals surface area contributed by atoms with Crippen LogP contribution in [0.2, 0.25) is 0 Å². The van der Waals surface area contributed by atoms with Gasteiger partial charge in [-0.15, -0.1) is 0 Å². The summed E-state index contributed by atoms with van der Waals surface area (Å²) in [6.45, 7) is 11.4. The third-order valence-corrected chi connectivity index (χ3v) is 5.37. The van der Waals surface area contributed by atoms with Crippen LogP contribution >= 0.6 is 0 Å². The molecule has 0 bridgehead atoms. The molecular formula is C15H32N2. The van der Waals surface area contributed by atoms with Crippen LogP contribution in [0.5, 0.6) is 0 Å². The zero-order chi connectivity index (χ0) is 13.1. The highest BCUT2D eigenvalue weighted by molar-refractivity contribution is 4.99. The molecule has 4 atom stereocenters. The molecule has 0 aromatic heterocycles. The van der Waals surface area contributed by atoms with E-state index >= 15 is 0 Å². The van der Waals surface area contributed by atoms with Gasteiger partial charge in [-0.3, -0.25) is 4.90 Å². The van der Waals surface area contributed by atoms with Gasteiger partial charge in [0.1, 0.15) is 0 Å². The lowest BCUT2D eigenvalue weighted by molar-refractivity contribution is -0.00125. The van der Waals surface area contributed by atoms with Crippen molar-refractivity contribution in [1.82, 2.24) is 4.90 Å². The highest BCUT2D eigenvalue weighted by atomic mass is 15.2. The third-order valence-electron chi connectivity index (χ3n) is 5.37. The van der Waals surface area contributed by atoms with Crippen LogP contribution in [0.1, 0.15) is 53.4 Å². The summed E-state index contributed by atoms with van der Waals surface area (Å²) in [6, 6.07) is 0. The lowest BCUT2D eigenvalue weighted by Crippen LogP contribution is -2.60. The van der Waals surface area contributed by atoms with Crippen molar-refractivity contribution in [2.24, 2.45) is 23.5 Å². The second-order valence-electron chi connectivity index (χ2n) is 6.36. The quantitative estimate of drug-likeness (QED) is 0.800. The molecular weight excluding hydrogens is 208 g/mol. The molecule has 1 aliphatic rings. The number of hydrogen-bond acceptors (Lipinski definition) is 2. The highest BCUT2D eigenvalue weighted by Gasteiger charge is 2.43. The summed E-state index contributed by atoms with van der Waals surface area (Å²) in [5.41, 5.74) is 6.42. The van der Waals surface area contributed by atoms with Gasteiger partial charge in [0, 0.05) is 18.6 Å². The van der Waals surface area contributed by atoms with Crippen LogP contribution in [0.15, 0.2) is 0 Å². The van der Waals surface area contributed by atoms with Crippen molar-refractivity contribution in [3.63, 3.8) is 0 Å². The largest absolute Gasteiger partial charge is 0.329 e. The van der Waals surface area contributed by atoms with Crippen molar-refractivity contribution in [3.8, 4) is 0 Å². The topological polar surface area (TPSA) is 29.3 Å². The van der Waals surface area contributed by atoms with E-state index in [4.69, 9.17) is 5.73 Å². The van der Waals surface area contributed by atoms with Crippen LogP contribution in [0.3, 0.4) is 0 Å². The summed E-state index contributed by atoms with van der Waals surface area (Å²) < 4.78 is 0. The summed E-state index contributed by atoms with van der Waals surface area (Å²) >= 11 is 0. The molecule has 0 aromatic rings. The number of nitrogens with zero attached hydrogens (tertiary/aromatic N) is 1. The maximum absolute atomic E-state index is 6.17. The smallest absolute Gasteiger partial charge is 0.0356 e. The fourth-order valence-corrected chi connectivity index (χ4v) is 3.50. The first-order valence-corrected chi connectivity index (χ1v) is 7.39. The molecule has 0 spiro atoms. The zero-order valence-corrected chi connectivity index (χ0v) is 12.5. The zero-order valence-electron chi connectivity index (χ0n) is 12.5. The Kier molecular flexibility index (Phi) is 5.46. The van der Waals surface area contributed by atoms with Gasteiger partial charge >= 0.3 is 0 Å². The Balaban J connectivity index is 2.78. The van der Waals surface area contributed by atoms with Gasteiger partial charge in [0.2, 0.25) is 0 Å². The van der Waals surface area contributed by atoms with Crippen LogP contribution < -0.4 is 5.73 Å². The van der Waals surface area contributed by atoms with Gasteiger partial charge in [-0.05, 0) is 31.2 Å². The van der Waals surface area contributed by atoms with Crippen LogP contribution in [0, 0.1) is 17.8 Å². The van der Waals surface area contributed by atoms with E-state index in [0.717, 1.165) is 24.3 Å². The molecule has 2 heteroatoms. The van der Waals surface area contributed by atoms with E-state index in [1.165, 1.54) is 32.2 Å². The molecule has 2 N–H and O–H groups in total. The Bertz CT molecular complexity index is 229. The highest BCUT2D eigenvalue weighted by Crippen LogP contribution is 2.40. The number of hydrogen-bond donors (Lipinski definition) is 1. The minimum Gasteiger partial charge on any atom is -0.329 e. The summed E-state index contributed by atoms with van der Waals surface area (Å²) in [5.74, 6) is 2.30. The molecule has 0 amide bonds. The molecule has 102 valence electrons. The average Bonchev–Trinajstić information content (AvgIpc) is 2.32. The number of nitrogens with two attached hydrogens (primary N) is 1. The van der Waals surface area contributed by atoms with Crippen molar-refractivity contribution in [2.45, 2.75) is 58.9 Å². The molecule has 0 heterocycles. The van der Waals surface area contributed by atoms with E-state index < -0.39 is 0 Å². The van der Waals surface area contributed by atoms with Crippen LogP contribution in [-0.4, -0.2) is 30.6 Å². The molecule has 0 aromatic carbocycles. The maximum atomic E-state index is 6.17. The first-order chi connectivity index (χ1) is 7.97. The Morgan fingerprint density at radius 1 is 1.41 bits per heavy atom. The fourth-order valence-electron chi connectivity index (χ4n) is 3.50. The summed E-state index contributed by atoms with van der Waals surface area (Å²) in [7, 11) is 2.29. The van der Waals surface area contributed by atoms with E-state index in [2.05, 4.69) is 39.6 Å². The second kappa shape index (κ2) is 6.19. The van der Waals surface area contributed by atoms with Crippen molar-refractivity contribution in [2.75, 3.05) is 20.1 Å². The summed E-state index contributed by atoms with van der Waals surface area (Å²) in [4.78, 5) is 2.57. The van der Waals surface area contributed by atoms with Gasteiger partial charge in [-0.2, -0.15) is 0 Å². The molecule has 1 rings (SSSR count). The molecule has 4 unspecified atom stereocenters. The van der Waals surface area contributed by atoms with Crippen molar-refractivity contribution in [1.29, 1.82) is 0 Å². The van der Waals surface area contributed by atoms with E-state index in [1.54, 1.807) is 0 Å². The van der Waals surface area contributed by atoms with Gasteiger partial charge in [0.05, 0.1) is 0 Å². The first-order valence-electron chi connectivity index (χ1n) is 7.39. The predicted molar refractivity (Wildman–Crippen MR) is 76.0 cm³/mol. The molecule has 0 aliphatic heterocycles. The van der Waals surface area contributed by atoms with Crippen molar-refractivity contribution >= 4 is 0 Å². The van der Waals surface area contributed by atoms with Gasteiger partial charge in [-0.1, -0.05) is 47.0 Å². The first kappa shape index (κ1) is 15.0. The Hall–Kier alpha value is -0.0800. The number of likely N-dealkylation sites (N-methyl/N-ethyl adjacent to an activating group) is 1. The monoisotopic (exact) mass is 240 g/mol. The van der Waals surface area contributed by atoms with E-state index in [9.17, 15) is 0 Å². The Morgan fingerprint density at radius 3 is 2.59 bits per heavy atom. The summed E-state index contributed by atoms with van der Waals surface area (Å²) in [5, 5.41) is 0. The molecule has 0 radical (unpaired) electrons. The SMILES string of the molecule is CCC(C)CN(C)C1(CN)CCCC(C)C1C. The minimum absolute atomic E-state index is 0.251. The van der Waals surface area contributed by atoms with Crippen LogP contribution in [0.25, 0.3) is 0 Å². The molecule has 1 fully saturated rings. The lowest BCUT2D eigenvalue weighted by Gasteiger charge is -2.51. The van der Waals surface area contributed by atoms with Crippen molar-refractivity contribution in [3.05, 3.63) is 0 Å². The standard InChI is InChI=1S/C15H32N2/c1-6-12(2)10-17(5)15(11-16)9-7-8-13(3)14(15)4/h12-14H,6-11,16H2,1-5H3. The van der Waals surface area contributed by atoms with E-state index in [0.29, 0.717) is 0 Å². The normalized spacial score (nSPS) is 36.2. The molecule has 17 heavy (non-hydrogen) atoms. The Morgan fingerprint density at radius 2 is 2.06 bits per heavy atom. The minimum atomic E-state index is 0.251. The van der Waals surface area contributed by atoms with Crippen LogP contribution in [0.4, 0.5) is 0 Å². The van der Waals surface area contributed by atoms with Gasteiger partial charge in [0.15, 0.2) is 0 Å². The van der Waals surface area contributed by atoms with Crippen molar-refractivity contribution < 1.29 is 0 Å². The molecule has 1 aliphatic carbocycles. The van der Waals surface area contributed by atoms with E-state index in [1.807, 2.05) is 0 Å². The predicted octanol–water partition coefficient (Wildman–Crippen LogP) is 3.12. The number of rotatable bonds is 5. The Labute approximate surface area is 108 Å². The van der Waals surface area contributed by atoms with Gasteiger partial charge in [-0.25, -0.2) is 0 Å². The molecule has 1 saturated carbocycles. The lowest BCUT2D eigenvalue weighted by atomic mass is 9.67. The second-order valence-corrected chi connectivity index (χ2v) is 6.36. The average molecular weight is 240 g/mol. The van der Waals surface area contributed by atoms with Gasteiger partial charge in [0.25, 0.3) is 0 Å². The fraction of sp³-hybridized carbons (Fsp3) is 1.00. The molecule has 0 saturated heterocycles.